The first kappa shape index (κ1) is 26.4. The number of aromatic nitrogens is 2. The highest BCUT2D eigenvalue weighted by Gasteiger charge is 2.24. The number of para-hydroxylation sites is 2. The SMILES string of the molecule is C=CCOCC(O)CN(Cc1ccccc1)Cc1c(CC)nn(-c2ccccc2)c1Oc1ccccc1. The zero-order valence-corrected chi connectivity index (χ0v) is 21.4. The summed E-state index contributed by atoms with van der Waals surface area (Å²) in [4.78, 5) is 2.22. The topological polar surface area (TPSA) is 59.8 Å². The first-order valence-corrected chi connectivity index (χ1v) is 12.7. The quantitative estimate of drug-likeness (QED) is 0.176. The molecule has 1 heterocycles. The molecule has 37 heavy (non-hydrogen) atoms. The van der Waals surface area contributed by atoms with Crippen LogP contribution in [0.3, 0.4) is 0 Å². The molecule has 6 heteroatoms. The number of aliphatic hydroxyl groups excluding tert-OH is 1. The van der Waals surface area contributed by atoms with Gasteiger partial charge in [-0.15, -0.1) is 6.58 Å². The van der Waals surface area contributed by atoms with E-state index in [9.17, 15) is 5.11 Å². The molecule has 3 aromatic carbocycles. The van der Waals surface area contributed by atoms with E-state index in [1.165, 1.54) is 5.56 Å². The largest absolute Gasteiger partial charge is 0.439 e. The molecule has 0 spiro atoms. The van der Waals surface area contributed by atoms with Gasteiger partial charge in [-0.05, 0) is 36.2 Å². The number of benzene rings is 3. The predicted molar refractivity (Wildman–Crippen MR) is 147 cm³/mol. The van der Waals surface area contributed by atoms with Crippen LogP contribution in [0.1, 0.15) is 23.7 Å². The lowest BCUT2D eigenvalue weighted by Gasteiger charge is -2.26. The molecule has 1 N–H and O–H groups in total. The van der Waals surface area contributed by atoms with Crippen LogP contribution in [0.5, 0.6) is 11.6 Å². The van der Waals surface area contributed by atoms with E-state index in [-0.39, 0.29) is 6.61 Å². The molecule has 6 nitrogen and oxygen atoms in total. The first-order valence-electron chi connectivity index (χ1n) is 12.7. The van der Waals surface area contributed by atoms with Gasteiger partial charge in [0.25, 0.3) is 0 Å². The smallest absolute Gasteiger partial charge is 0.227 e. The van der Waals surface area contributed by atoms with Gasteiger partial charge in [0.05, 0.1) is 36.3 Å². The Bertz CT molecular complexity index is 1230. The first-order chi connectivity index (χ1) is 18.2. The van der Waals surface area contributed by atoms with E-state index in [1.54, 1.807) is 6.08 Å². The van der Waals surface area contributed by atoms with E-state index >= 15 is 0 Å². The van der Waals surface area contributed by atoms with Gasteiger partial charge in [0.2, 0.25) is 5.88 Å². The minimum Gasteiger partial charge on any atom is -0.439 e. The highest BCUT2D eigenvalue weighted by molar-refractivity contribution is 5.43. The van der Waals surface area contributed by atoms with Crippen molar-refractivity contribution in [3.05, 3.63) is 120 Å². The highest BCUT2D eigenvalue weighted by atomic mass is 16.5. The lowest BCUT2D eigenvalue weighted by Crippen LogP contribution is -2.34. The fraction of sp³-hybridized carbons (Fsp3) is 0.258. The summed E-state index contributed by atoms with van der Waals surface area (Å²) in [5.74, 6) is 1.43. The van der Waals surface area contributed by atoms with Gasteiger partial charge in [-0.1, -0.05) is 79.7 Å². The second kappa shape index (κ2) is 13.6. The molecule has 4 rings (SSSR count). The summed E-state index contributed by atoms with van der Waals surface area (Å²) in [5.41, 5.74) is 4.07. The molecule has 0 saturated heterocycles. The normalized spacial score (nSPS) is 12.0. The van der Waals surface area contributed by atoms with E-state index < -0.39 is 6.10 Å². The lowest BCUT2D eigenvalue weighted by molar-refractivity contribution is 0.0227. The summed E-state index contributed by atoms with van der Waals surface area (Å²) in [7, 11) is 0. The Morgan fingerprint density at radius 1 is 0.946 bits per heavy atom. The number of ether oxygens (including phenoxy) is 2. The minimum absolute atomic E-state index is 0.245. The van der Waals surface area contributed by atoms with Gasteiger partial charge in [-0.2, -0.15) is 5.10 Å². The Kier molecular flexibility index (Phi) is 9.66. The summed E-state index contributed by atoms with van der Waals surface area (Å²) < 4.78 is 13.9. The third-order valence-corrected chi connectivity index (χ3v) is 5.96. The van der Waals surface area contributed by atoms with Crippen LogP contribution in [-0.4, -0.2) is 45.6 Å². The number of rotatable bonds is 14. The van der Waals surface area contributed by atoms with Crippen LogP contribution in [-0.2, 0) is 24.2 Å². The fourth-order valence-electron chi connectivity index (χ4n) is 4.26. The van der Waals surface area contributed by atoms with Crippen LogP contribution >= 0.6 is 0 Å². The van der Waals surface area contributed by atoms with Crippen LogP contribution in [0.4, 0.5) is 0 Å². The fourth-order valence-corrected chi connectivity index (χ4v) is 4.26. The van der Waals surface area contributed by atoms with Crippen molar-refractivity contribution in [3.63, 3.8) is 0 Å². The molecule has 4 aromatic rings. The van der Waals surface area contributed by atoms with Crippen molar-refractivity contribution in [2.75, 3.05) is 19.8 Å². The van der Waals surface area contributed by atoms with E-state index in [4.69, 9.17) is 14.6 Å². The second-order valence-corrected chi connectivity index (χ2v) is 8.88. The van der Waals surface area contributed by atoms with Crippen molar-refractivity contribution in [2.45, 2.75) is 32.5 Å². The molecular weight excluding hydrogens is 462 g/mol. The second-order valence-electron chi connectivity index (χ2n) is 8.88. The van der Waals surface area contributed by atoms with E-state index in [0.29, 0.717) is 32.1 Å². The summed E-state index contributed by atoms with van der Waals surface area (Å²) in [6, 6.07) is 30.1. The van der Waals surface area contributed by atoms with Crippen LogP contribution in [0.2, 0.25) is 0 Å². The molecule has 192 valence electrons. The standard InChI is InChI=1S/C31H35N3O3/c1-3-20-36-24-27(35)22-33(21-25-14-8-5-9-15-25)23-29-30(4-2)32-34(26-16-10-6-11-17-26)31(29)37-28-18-12-7-13-19-28/h3,5-19,27,35H,1,4,20-24H2,2H3. The average Bonchev–Trinajstić information content (AvgIpc) is 3.27. The Morgan fingerprint density at radius 3 is 2.24 bits per heavy atom. The maximum Gasteiger partial charge on any atom is 0.227 e. The number of aryl methyl sites for hydroxylation is 1. The molecule has 0 amide bonds. The predicted octanol–water partition coefficient (Wildman–Crippen LogP) is 5.79. The van der Waals surface area contributed by atoms with Crippen LogP contribution < -0.4 is 4.74 Å². The zero-order valence-electron chi connectivity index (χ0n) is 21.4. The summed E-state index contributed by atoms with van der Waals surface area (Å²) in [6.07, 6.45) is 1.80. The molecule has 0 saturated carbocycles. The van der Waals surface area contributed by atoms with Gasteiger partial charge in [0.15, 0.2) is 0 Å². The summed E-state index contributed by atoms with van der Waals surface area (Å²) in [5, 5.41) is 15.7. The average molecular weight is 498 g/mol. The van der Waals surface area contributed by atoms with Gasteiger partial charge in [-0.3, -0.25) is 4.90 Å². The monoisotopic (exact) mass is 497 g/mol. The number of hydrogen-bond donors (Lipinski definition) is 1. The van der Waals surface area contributed by atoms with Crippen molar-refractivity contribution in [1.29, 1.82) is 0 Å². The number of nitrogens with zero attached hydrogens (tertiary/aromatic N) is 3. The third kappa shape index (κ3) is 7.40. The Hall–Kier alpha value is -3.71. The van der Waals surface area contributed by atoms with Gasteiger partial charge in [-0.25, -0.2) is 4.68 Å². The van der Waals surface area contributed by atoms with E-state index in [0.717, 1.165) is 29.1 Å². The van der Waals surface area contributed by atoms with Gasteiger partial charge < -0.3 is 14.6 Å². The van der Waals surface area contributed by atoms with Crippen molar-refractivity contribution >= 4 is 0 Å². The maximum atomic E-state index is 10.8. The molecule has 1 unspecified atom stereocenters. The van der Waals surface area contributed by atoms with Crippen molar-refractivity contribution in [3.8, 4) is 17.3 Å². The molecule has 1 atom stereocenters. The molecule has 1 aromatic heterocycles. The molecular formula is C31H35N3O3. The third-order valence-electron chi connectivity index (χ3n) is 5.96. The zero-order chi connectivity index (χ0) is 25.9. The Morgan fingerprint density at radius 2 is 1.59 bits per heavy atom. The molecule has 0 bridgehead atoms. The van der Waals surface area contributed by atoms with Crippen LogP contribution in [0, 0.1) is 0 Å². The number of hydrogen-bond acceptors (Lipinski definition) is 5. The van der Waals surface area contributed by atoms with Gasteiger partial charge in [0.1, 0.15) is 5.75 Å². The number of aliphatic hydroxyl groups is 1. The van der Waals surface area contributed by atoms with Crippen LogP contribution in [0.15, 0.2) is 104 Å². The van der Waals surface area contributed by atoms with Crippen LogP contribution in [0.25, 0.3) is 5.69 Å². The van der Waals surface area contributed by atoms with Gasteiger partial charge >= 0.3 is 0 Å². The molecule has 0 aliphatic rings. The highest BCUT2D eigenvalue weighted by Crippen LogP contribution is 2.32. The van der Waals surface area contributed by atoms with Crippen molar-refractivity contribution in [1.82, 2.24) is 14.7 Å². The van der Waals surface area contributed by atoms with Crippen molar-refractivity contribution in [2.24, 2.45) is 0 Å². The molecule has 0 fully saturated rings. The summed E-state index contributed by atoms with van der Waals surface area (Å²) >= 11 is 0. The Balaban J connectivity index is 1.70. The minimum atomic E-state index is -0.642. The molecule has 0 aliphatic heterocycles. The summed E-state index contributed by atoms with van der Waals surface area (Å²) in [6.45, 7) is 8.11. The van der Waals surface area contributed by atoms with Crippen molar-refractivity contribution < 1.29 is 14.6 Å². The Labute approximate surface area is 219 Å². The van der Waals surface area contributed by atoms with E-state index in [1.807, 2.05) is 83.5 Å². The molecule has 0 aliphatic carbocycles. The molecule has 0 radical (unpaired) electrons. The van der Waals surface area contributed by atoms with Gasteiger partial charge in [0, 0.05) is 19.6 Å². The lowest BCUT2D eigenvalue weighted by atomic mass is 10.1. The van der Waals surface area contributed by atoms with E-state index in [2.05, 4.69) is 30.5 Å². The maximum absolute atomic E-state index is 10.8.